The van der Waals surface area contributed by atoms with Crippen LogP contribution in [-0.4, -0.2) is 48.6 Å². The van der Waals surface area contributed by atoms with Crippen LogP contribution in [0.1, 0.15) is 59.8 Å². The fourth-order valence-electron chi connectivity index (χ4n) is 5.17. The van der Waals surface area contributed by atoms with E-state index < -0.39 is 0 Å². The van der Waals surface area contributed by atoms with E-state index in [1.165, 1.54) is 64.8 Å². The number of rotatable bonds is 4. The van der Waals surface area contributed by atoms with Crippen LogP contribution in [0.5, 0.6) is 0 Å². The average molecular weight is 293 g/mol. The van der Waals surface area contributed by atoms with Gasteiger partial charge in [0.15, 0.2) is 0 Å². The minimum atomic E-state index is 0.738. The largest absolute Gasteiger partial charge is 0.302 e. The molecule has 21 heavy (non-hydrogen) atoms. The molecule has 2 saturated heterocycles. The van der Waals surface area contributed by atoms with E-state index in [0.717, 1.165) is 29.2 Å². The summed E-state index contributed by atoms with van der Waals surface area (Å²) in [5, 5.41) is 0. The molecule has 0 amide bonds. The maximum Gasteiger partial charge on any atom is 0.00409 e. The Labute approximate surface area is 132 Å². The van der Waals surface area contributed by atoms with Gasteiger partial charge in [0.25, 0.3) is 0 Å². The molecular weight excluding hydrogens is 256 g/mol. The maximum absolute atomic E-state index is 2.83. The first kappa shape index (κ1) is 15.8. The lowest BCUT2D eigenvalue weighted by Gasteiger charge is -2.43. The fourth-order valence-corrected chi connectivity index (χ4v) is 5.17. The summed E-state index contributed by atoms with van der Waals surface area (Å²) in [6.07, 6.45) is 7.34. The Morgan fingerprint density at radius 3 is 2.14 bits per heavy atom. The molecule has 122 valence electrons. The Kier molecular flexibility index (Phi) is 4.66. The molecule has 1 atom stereocenters. The monoisotopic (exact) mass is 292 g/mol. The lowest BCUT2D eigenvalue weighted by molar-refractivity contribution is 0.0502. The van der Waals surface area contributed by atoms with Crippen molar-refractivity contribution < 1.29 is 0 Å². The normalized spacial score (nSPS) is 31.4. The molecule has 2 nitrogen and oxygen atoms in total. The molecule has 2 aliphatic heterocycles. The molecule has 0 aromatic carbocycles. The molecule has 0 radical (unpaired) electrons. The van der Waals surface area contributed by atoms with Crippen molar-refractivity contribution in [2.24, 2.45) is 23.2 Å². The lowest BCUT2D eigenvalue weighted by Crippen LogP contribution is -2.47. The van der Waals surface area contributed by atoms with E-state index in [1.54, 1.807) is 0 Å². The third-order valence-corrected chi connectivity index (χ3v) is 6.67. The van der Waals surface area contributed by atoms with Crippen molar-refractivity contribution in [3.63, 3.8) is 0 Å². The summed E-state index contributed by atoms with van der Waals surface area (Å²) >= 11 is 0. The smallest absolute Gasteiger partial charge is 0.00409 e. The van der Waals surface area contributed by atoms with Crippen molar-refractivity contribution in [1.29, 1.82) is 0 Å². The standard InChI is InChI=1S/C19H36N2/c1-15(2)18-7-10-20(14-19(18)8-9-19)13-17-5-11-21(12-6-17)16(3)4/h15-18H,5-14H2,1-4H3. The first-order valence-corrected chi connectivity index (χ1v) is 9.46. The van der Waals surface area contributed by atoms with Crippen LogP contribution in [0, 0.1) is 23.2 Å². The predicted octanol–water partition coefficient (Wildman–Crippen LogP) is 3.86. The quantitative estimate of drug-likeness (QED) is 0.776. The zero-order valence-electron chi connectivity index (χ0n) is 14.8. The van der Waals surface area contributed by atoms with Gasteiger partial charge in [0.1, 0.15) is 0 Å². The van der Waals surface area contributed by atoms with E-state index in [1.807, 2.05) is 0 Å². The third-order valence-electron chi connectivity index (χ3n) is 6.67. The van der Waals surface area contributed by atoms with Crippen molar-refractivity contribution in [3.8, 4) is 0 Å². The Morgan fingerprint density at radius 1 is 0.952 bits per heavy atom. The van der Waals surface area contributed by atoms with Crippen molar-refractivity contribution >= 4 is 0 Å². The Hall–Kier alpha value is -0.0800. The second kappa shape index (κ2) is 6.20. The van der Waals surface area contributed by atoms with Crippen LogP contribution < -0.4 is 0 Å². The van der Waals surface area contributed by atoms with Crippen LogP contribution in [0.2, 0.25) is 0 Å². The van der Waals surface area contributed by atoms with E-state index in [2.05, 4.69) is 37.5 Å². The minimum Gasteiger partial charge on any atom is -0.302 e. The molecular formula is C19H36N2. The number of hydrogen-bond acceptors (Lipinski definition) is 2. The summed E-state index contributed by atoms with van der Waals surface area (Å²) in [4.78, 5) is 5.49. The fraction of sp³-hybridized carbons (Fsp3) is 1.00. The van der Waals surface area contributed by atoms with Gasteiger partial charge in [-0.25, -0.2) is 0 Å². The van der Waals surface area contributed by atoms with Crippen LogP contribution in [0.3, 0.4) is 0 Å². The lowest BCUT2D eigenvalue weighted by atomic mass is 9.75. The Morgan fingerprint density at radius 2 is 1.62 bits per heavy atom. The van der Waals surface area contributed by atoms with Gasteiger partial charge >= 0.3 is 0 Å². The molecule has 1 saturated carbocycles. The topological polar surface area (TPSA) is 6.48 Å². The highest BCUT2D eigenvalue weighted by Gasteiger charge is 2.52. The average Bonchev–Trinajstić information content (AvgIpc) is 3.18. The number of piperidine rings is 2. The van der Waals surface area contributed by atoms with Gasteiger partial charge in [-0.05, 0) is 88.8 Å². The van der Waals surface area contributed by atoms with Gasteiger partial charge in [-0.1, -0.05) is 13.8 Å². The summed E-state index contributed by atoms with van der Waals surface area (Å²) in [5.74, 6) is 2.87. The zero-order chi connectivity index (χ0) is 15.0. The van der Waals surface area contributed by atoms with Crippen molar-refractivity contribution in [1.82, 2.24) is 9.80 Å². The minimum absolute atomic E-state index is 0.738. The first-order valence-electron chi connectivity index (χ1n) is 9.46. The molecule has 0 N–H and O–H groups in total. The molecule has 0 aromatic rings. The maximum atomic E-state index is 2.83. The van der Waals surface area contributed by atoms with Gasteiger partial charge in [-0.15, -0.1) is 0 Å². The highest BCUT2D eigenvalue weighted by molar-refractivity contribution is 5.04. The molecule has 3 aliphatic rings. The summed E-state index contributed by atoms with van der Waals surface area (Å²) in [6, 6.07) is 0.738. The van der Waals surface area contributed by atoms with Gasteiger partial charge in [0.2, 0.25) is 0 Å². The molecule has 3 rings (SSSR count). The molecule has 1 unspecified atom stereocenters. The van der Waals surface area contributed by atoms with E-state index in [0.29, 0.717) is 0 Å². The molecule has 1 aliphatic carbocycles. The van der Waals surface area contributed by atoms with Crippen LogP contribution in [0.15, 0.2) is 0 Å². The van der Waals surface area contributed by atoms with Gasteiger partial charge in [0, 0.05) is 19.1 Å². The van der Waals surface area contributed by atoms with Gasteiger partial charge < -0.3 is 9.80 Å². The van der Waals surface area contributed by atoms with E-state index in [9.17, 15) is 0 Å². The molecule has 2 heteroatoms. The van der Waals surface area contributed by atoms with Crippen LogP contribution in [-0.2, 0) is 0 Å². The van der Waals surface area contributed by atoms with E-state index in [4.69, 9.17) is 0 Å². The third kappa shape index (κ3) is 3.47. The Balaban J connectivity index is 1.47. The molecule has 2 heterocycles. The molecule has 0 aromatic heterocycles. The number of nitrogens with zero attached hydrogens (tertiary/aromatic N) is 2. The van der Waals surface area contributed by atoms with Crippen LogP contribution in [0.25, 0.3) is 0 Å². The summed E-state index contributed by atoms with van der Waals surface area (Å²) in [6.45, 7) is 16.4. The summed E-state index contributed by atoms with van der Waals surface area (Å²) in [5.41, 5.74) is 0.741. The number of hydrogen-bond donors (Lipinski definition) is 0. The van der Waals surface area contributed by atoms with E-state index >= 15 is 0 Å². The molecule has 1 spiro atoms. The molecule has 0 bridgehead atoms. The van der Waals surface area contributed by atoms with Crippen molar-refractivity contribution in [2.45, 2.75) is 65.8 Å². The zero-order valence-corrected chi connectivity index (χ0v) is 14.8. The number of likely N-dealkylation sites (tertiary alicyclic amines) is 2. The first-order chi connectivity index (χ1) is 10.00. The van der Waals surface area contributed by atoms with E-state index in [-0.39, 0.29) is 0 Å². The Bertz CT molecular complexity index is 337. The predicted molar refractivity (Wildman–Crippen MR) is 90.5 cm³/mol. The van der Waals surface area contributed by atoms with Crippen molar-refractivity contribution in [2.75, 3.05) is 32.7 Å². The van der Waals surface area contributed by atoms with Gasteiger partial charge in [-0.2, -0.15) is 0 Å². The molecule has 3 fully saturated rings. The van der Waals surface area contributed by atoms with Gasteiger partial charge in [-0.3, -0.25) is 0 Å². The van der Waals surface area contributed by atoms with Crippen molar-refractivity contribution in [3.05, 3.63) is 0 Å². The summed E-state index contributed by atoms with van der Waals surface area (Å²) in [7, 11) is 0. The van der Waals surface area contributed by atoms with Crippen LogP contribution in [0.4, 0.5) is 0 Å². The van der Waals surface area contributed by atoms with Crippen LogP contribution >= 0.6 is 0 Å². The highest BCUT2D eigenvalue weighted by Crippen LogP contribution is 2.57. The second-order valence-corrected chi connectivity index (χ2v) is 8.81. The van der Waals surface area contributed by atoms with Gasteiger partial charge in [0.05, 0.1) is 0 Å². The highest BCUT2D eigenvalue weighted by atomic mass is 15.2. The second-order valence-electron chi connectivity index (χ2n) is 8.81. The SMILES string of the molecule is CC(C)C1CCN(CC2CCN(C(C)C)CC2)CC12CC2. The summed E-state index contributed by atoms with van der Waals surface area (Å²) < 4.78 is 0.